The summed E-state index contributed by atoms with van der Waals surface area (Å²) >= 11 is 3.43. The number of hydrogen-bond acceptors (Lipinski definition) is 2. The van der Waals surface area contributed by atoms with Crippen molar-refractivity contribution in [3.63, 3.8) is 0 Å². The third kappa shape index (κ3) is 2.82. The summed E-state index contributed by atoms with van der Waals surface area (Å²) in [5.41, 5.74) is 2.54. The third-order valence-electron chi connectivity index (χ3n) is 2.63. The van der Waals surface area contributed by atoms with Gasteiger partial charge in [0.2, 0.25) is 0 Å². The van der Waals surface area contributed by atoms with E-state index in [1.807, 2.05) is 0 Å². The SMILES string of the molecule is O=S1CCN(c2ccc(CBr)cc2)CC1. The molecular formula is C11H14BrNOS. The van der Waals surface area contributed by atoms with E-state index in [4.69, 9.17) is 0 Å². The van der Waals surface area contributed by atoms with E-state index in [9.17, 15) is 4.21 Å². The highest BCUT2D eigenvalue weighted by atomic mass is 79.9. The molecule has 1 aromatic rings. The smallest absolute Gasteiger partial charge is 0.0411 e. The maximum atomic E-state index is 11.2. The lowest BCUT2D eigenvalue weighted by molar-refractivity contribution is 0.673. The summed E-state index contributed by atoms with van der Waals surface area (Å²) in [6.07, 6.45) is 0. The first-order valence-corrected chi connectivity index (χ1v) is 7.65. The number of alkyl halides is 1. The first kappa shape index (κ1) is 11.1. The second-order valence-electron chi connectivity index (χ2n) is 3.64. The standard InChI is InChI=1S/C11H14BrNOS/c12-9-10-1-3-11(4-2-10)13-5-7-15(14)8-6-13/h1-4H,5-9H2. The highest BCUT2D eigenvalue weighted by molar-refractivity contribution is 9.08. The van der Waals surface area contributed by atoms with Crippen LogP contribution in [-0.4, -0.2) is 28.8 Å². The van der Waals surface area contributed by atoms with Gasteiger partial charge in [0.05, 0.1) is 0 Å². The predicted octanol–water partition coefficient (Wildman–Crippen LogP) is 2.15. The lowest BCUT2D eigenvalue weighted by Gasteiger charge is -2.28. The molecule has 2 rings (SSSR count). The fraction of sp³-hybridized carbons (Fsp3) is 0.455. The van der Waals surface area contributed by atoms with Crippen molar-refractivity contribution in [3.05, 3.63) is 29.8 Å². The molecule has 0 aliphatic carbocycles. The number of benzene rings is 1. The van der Waals surface area contributed by atoms with E-state index in [1.54, 1.807) is 0 Å². The molecule has 1 saturated heterocycles. The topological polar surface area (TPSA) is 20.3 Å². The molecule has 0 spiro atoms. The van der Waals surface area contributed by atoms with Crippen molar-refractivity contribution in [3.8, 4) is 0 Å². The van der Waals surface area contributed by atoms with Crippen LogP contribution in [0.15, 0.2) is 24.3 Å². The summed E-state index contributed by atoms with van der Waals surface area (Å²) in [6.45, 7) is 1.83. The van der Waals surface area contributed by atoms with Gasteiger partial charge in [0.1, 0.15) is 0 Å². The van der Waals surface area contributed by atoms with Crippen molar-refractivity contribution >= 4 is 32.4 Å². The van der Waals surface area contributed by atoms with Gasteiger partial charge in [-0.1, -0.05) is 28.1 Å². The summed E-state index contributed by atoms with van der Waals surface area (Å²) in [7, 11) is -0.590. The summed E-state index contributed by atoms with van der Waals surface area (Å²) in [6, 6.07) is 8.56. The third-order valence-corrected chi connectivity index (χ3v) is 4.56. The lowest BCUT2D eigenvalue weighted by atomic mass is 10.2. The summed E-state index contributed by atoms with van der Waals surface area (Å²) in [5.74, 6) is 1.61. The molecule has 0 unspecified atom stereocenters. The van der Waals surface area contributed by atoms with Crippen LogP contribution < -0.4 is 4.90 Å². The molecule has 1 aliphatic rings. The molecule has 1 aromatic carbocycles. The quantitative estimate of drug-likeness (QED) is 0.777. The van der Waals surface area contributed by atoms with Gasteiger partial charge < -0.3 is 4.90 Å². The van der Waals surface area contributed by atoms with Crippen LogP contribution in [0.2, 0.25) is 0 Å². The van der Waals surface area contributed by atoms with Crippen molar-refractivity contribution in [2.75, 3.05) is 29.5 Å². The summed E-state index contributed by atoms with van der Waals surface area (Å²) in [5, 5.41) is 0.900. The molecule has 2 nitrogen and oxygen atoms in total. The second kappa shape index (κ2) is 5.12. The molecule has 0 saturated carbocycles. The molecule has 82 valence electrons. The highest BCUT2D eigenvalue weighted by Crippen LogP contribution is 2.18. The van der Waals surface area contributed by atoms with E-state index in [0.29, 0.717) is 0 Å². The molecule has 0 aromatic heterocycles. The van der Waals surface area contributed by atoms with Crippen molar-refractivity contribution in [1.82, 2.24) is 0 Å². The Morgan fingerprint density at radius 3 is 2.33 bits per heavy atom. The minimum absolute atomic E-state index is 0.590. The van der Waals surface area contributed by atoms with Gasteiger partial charge in [-0.05, 0) is 17.7 Å². The van der Waals surface area contributed by atoms with Crippen LogP contribution in [0.4, 0.5) is 5.69 Å². The van der Waals surface area contributed by atoms with Crippen molar-refractivity contribution in [1.29, 1.82) is 0 Å². The fourth-order valence-electron chi connectivity index (χ4n) is 1.69. The van der Waals surface area contributed by atoms with Gasteiger partial charge in [0, 0.05) is 46.4 Å². The minimum atomic E-state index is -0.590. The second-order valence-corrected chi connectivity index (χ2v) is 5.89. The van der Waals surface area contributed by atoms with Crippen LogP contribution in [0.3, 0.4) is 0 Å². The Morgan fingerprint density at radius 1 is 1.20 bits per heavy atom. The average Bonchev–Trinajstić information content (AvgIpc) is 2.30. The molecule has 15 heavy (non-hydrogen) atoms. The van der Waals surface area contributed by atoms with E-state index in [-0.39, 0.29) is 0 Å². The van der Waals surface area contributed by atoms with Gasteiger partial charge >= 0.3 is 0 Å². The average molecular weight is 288 g/mol. The number of halogens is 1. The molecule has 0 amide bonds. The van der Waals surface area contributed by atoms with Gasteiger partial charge in [0.15, 0.2) is 0 Å². The van der Waals surface area contributed by atoms with Gasteiger partial charge in [-0.2, -0.15) is 0 Å². The van der Waals surface area contributed by atoms with Gasteiger partial charge in [0.25, 0.3) is 0 Å². The highest BCUT2D eigenvalue weighted by Gasteiger charge is 2.14. The lowest BCUT2D eigenvalue weighted by Crippen LogP contribution is -2.37. The van der Waals surface area contributed by atoms with Crippen LogP contribution in [-0.2, 0) is 16.1 Å². The zero-order chi connectivity index (χ0) is 10.7. The molecule has 0 N–H and O–H groups in total. The van der Waals surface area contributed by atoms with E-state index in [0.717, 1.165) is 29.9 Å². The Balaban J connectivity index is 2.06. The number of hydrogen-bond donors (Lipinski definition) is 0. The van der Waals surface area contributed by atoms with Crippen LogP contribution >= 0.6 is 15.9 Å². The predicted molar refractivity (Wildman–Crippen MR) is 69.2 cm³/mol. The van der Waals surface area contributed by atoms with Gasteiger partial charge in [-0.25, -0.2) is 0 Å². The Bertz CT molecular complexity index is 342. The number of anilines is 1. The Morgan fingerprint density at radius 2 is 1.80 bits per heavy atom. The minimum Gasteiger partial charge on any atom is -0.370 e. The van der Waals surface area contributed by atoms with E-state index in [2.05, 4.69) is 45.1 Å². The van der Waals surface area contributed by atoms with E-state index >= 15 is 0 Å². The van der Waals surface area contributed by atoms with Crippen molar-refractivity contribution in [2.24, 2.45) is 0 Å². The first-order chi connectivity index (χ1) is 7.29. The van der Waals surface area contributed by atoms with Crippen molar-refractivity contribution in [2.45, 2.75) is 5.33 Å². The van der Waals surface area contributed by atoms with E-state index < -0.39 is 10.8 Å². The molecule has 4 heteroatoms. The van der Waals surface area contributed by atoms with Crippen LogP contribution in [0.1, 0.15) is 5.56 Å². The maximum absolute atomic E-state index is 11.2. The van der Waals surface area contributed by atoms with Gasteiger partial charge in [-0.3, -0.25) is 4.21 Å². The first-order valence-electron chi connectivity index (χ1n) is 5.04. The largest absolute Gasteiger partial charge is 0.370 e. The van der Waals surface area contributed by atoms with E-state index in [1.165, 1.54) is 11.3 Å². The normalized spacial score (nSPS) is 18.1. The summed E-state index contributed by atoms with van der Waals surface area (Å²) < 4.78 is 11.2. The van der Waals surface area contributed by atoms with Crippen LogP contribution in [0.25, 0.3) is 0 Å². The zero-order valence-corrected chi connectivity index (χ0v) is 10.9. The maximum Gasteiger partial charge on any atom is 0.0411 e. The molecular weight excluding hydrogens is 274 g/mol. The van der Waals surface area contributed by atoms with Crippen molar-refractivity contribution < 1.29 is 4.21 Å². The molecule has 1 fully saturated rings. The Labute approximate surface area is 101 Å². The van der Waals surface area contributed by atoms with Crippen LogP contribution in [0, 0.1) is 0 Å². The monoisotopic (exact) mass is 287 g/mol. The molecule has 0 atom stereocenters. The Kier molecular flexibility index (Phi) is 3.81. The number of nitrogens with zero attached hydrogens (tertiary/aromatic N) is 1. The fourth-order valence-corrected chi connectivity index (χ4v) is 3.12. The molecule has 1 aliphatic heterocycles. The molecule has 0 radical (unpaired) electrons. The molecule has 1 heterocycles. The summed E-state index contributed by atoms with van der Waals surface area (Å²) in [4.78, 5) is 2.30. The molecule has 0 bridgehead atoms. The zero-order valence-electron chi connectivity index (χ0n) is 8.49. The van der Waals surface area contributed by atoms with Gasteiger partial charge in [-0.15, -0.1) is 0 Å². The number of rotatable bonds is 2. The Hall–Kier alpha value is -0.350. The van der Waals surface area contributed by atoms with Crippen LogP contribution in [0.5, 0.6) is 0 Å².